The molecule has 1 aliphatic heterocycles. The molecule has 140 valence electrons. The van der Waals surface area contributed by atoms with Gasteiger partial charge in [0.25, 0.3) is 0 Å². The van der Waals surface area contributed by atoms with Gasteiger partial charge < -0.3 is 14.3 Å². The van der Waals surface area contributed by atoms with E-state index in [1.54, 1.807) is 18.2 Å². The standard InChI is InChI=1S/C20H20FN3O3/c21-15-3-1-14(2-4-15)17-9-16(22-27-17)12-23-7-8-24(19(26)18(23)25)20-6-5-13(10-20)11-20/h1-4,9,13H,5-8,10-12H2. The summed E-state index contributed by atoms with van der Waals surface area (Å²) >= 11 is 0. The number of amides is 2. The fourth-order valence-corrected chi connectivity index (χ4v) is 4.86. The highest BCUT2D eigenvalue weighted by atomic mass is 19.1. The first-order valence-corrected chi connectivity index (χ1v) is 9.36. The van der Waals surface area contributed by atoms with Gasteiger partial charge in [-0.2, -0.15) is 0 Å². The summed E-state index contributed by atoms with van der Waals surface area (Å²) in [5.74, 6) is 0.0832. The van der Waals surface area contributed by atoms with Crippen LogP contribution in [0.15, 0.2) is 34.9 Å². The molecule has 0 spiro atoms. The normalized spacial score (nSPS) is 27.2. The zero-order valence-electron chi connectivity index (χ0n) is 14.9. The zero-order chi connectivity index (χ0) is 18.6. The van der Waals surface area contributed by atoms with Crippen LogP contribution in [0.1, 0.15) is 31.4 Å². The SMILES string of the molecule is O=C1C(=O)N(C23CCC(C2)C3)CCN1Cc1cc(-c2ccc(F)cc2)on1. The molecule has 0 radical (unpaired) electrons. The van der Waals surface area contributed by atoms with Gasteiger partial charge in [-0.05, 0) is 55.9 Å². The molecule has 7 heteroatoms. The van der Waals surface area contributed by atoms with Crippen LogP contribution >= 0.6 is 0 Å². The minimum absolute atomic E-state index is 0.0485. The van der Waals surface area contributed by atoms with Gasteiger partial charge in [0.05, 0.1) is 6.54 Å². The number of hydrogen-bond acceptors (Lipinski definition) is 4. The molecule has 27 heavy (non-hydrogen) atoms. The lowest BCUT2D eigenvalue weighted by Gasteiger charge is -2.50. The number of benzene rings is 1. The quantitative estimate of drug-likeness (QED) is 0.777. The van der Waals surface area contributed by atoms with E-state index >= 15 is 0 Å². The molecule has 4 aliphatic rings. The molecule has 4 fully saturated rings. The Hall–Kier alpha value is -2.70. The van der Waals surface area contributed by atoms with Crippen LogP contribution in [0.25, 0.3) is 11.3 Å². The largest absolute Gasteiger partial charge is 0.356 e. The minimum Gasteiger partial charge on any atom is -0.356 e. The van der Waals surface area contributed by atoms with Crippen molar-refractivity contribution < 1.29 is 18.5 Å². The topological polar surface area (TPSA) is 66.7 Å². The fourth-order valence-electron chi connectivity index (χ4n) is 4.86. The summed E-state index contributed by atoms with van der Waals surface area (Å²) in [6.07, 6.45) is 4.31. The van der Waals surface area contributed by atoms with Crippen molar-refractivity contribution in [2.45, 2.75) is 37.8 Å². The molecule has 0 unspecified atom stereocenters. The molecule has 1 saturated heterocycles. The molecular weight excluding hydrogens is 349 g/mol. The predicted octanol–water partition coefficient (Wildman–Crippen LogP) is 2.59. The van der Waals surface area contributed by atoms with Crippen molar-refractivity contribution in [3.05, 3.63) is 41.8 Å². The van der Waals surface area contributed by atoms with Gasteiger partial charge in [-0.15, -0.1) is 0 Å². The van der Waals surface area contributed by atoms with Gasteiger partial charge in [0.1, 0.15) is 11.5 Å². The Kier molecular flexibility index (Phi) is 3.60. The molecule has 2 heterocycles. The molecule has 1 aromatic heterocycles. The summed E-state index contributed by atoms with van der Waals surface area (Å²) in [7, 11) is 0. The third-order valence-corrected chi connectivity index (χ3v) is 6.28. The van der Waals surface area contributed by atoms with Gasteiger partial charge in [-0.3, -0.25) is 9.59 Å². The molecule has 6 nitrogen and oxygen atoms in total. The third kappa shape index (κ3) is 2.64. The van der Waals surface area contributed by atoms with Crippen LogP contribution in [-0.4, -0.2) is 45.4 Å². The Labute approximate surface area is 155 Å². The molecule has 0 N–H and O–H groups in total. The lowest BCUT2D eigenvalue weighted by atomic mass is 9.75. The highest BCUT2D eigenvalue weighted by molar-refractivity contribution is 6.35. The second-order valence-corrected chi connectivity index (χ2v) is 7.91. The maximum Gasteiger partial charge on any atom is 0.312 e. The van der Waals surface area contributed by atoms with E-state index in [0.29, 0.717) is 30.1 Å². The van der Waals surface area contributed by atoms with Crippen molar-refractivity contribution in [2.24, 2.45) is 5.92 Å². The highest BCUT2D eigenvalue weighted by Crippen LogP contribution is 2.55. The Balaban J connectivity index is 1.27. The summed E-state index contributed by atoms with van der Waals surface area (Å²) in [4.78, 5) is 28.6. The van der Waals surface area contributed by atoms with Crippen molar-refractivity contribution in [3.63, 3.8) is 0 Å². The highest BCUT2D eigenvalue weighted by Gasteiger charge is 2.57. The van der Waals surface area contributed by atoms with Crippen molar-refractivity contribution in [3.8, 4) is 11.3 Å². The second kappa shape index (κ2) is 5.90. The molecule has 1 aromatic carbocycles. The van der Waals surface area contributed by atoms with E-state index in [9.17, 15) is 14.0 Å². The van der Waals surface area contributed by atoms with Gasteiger partial charge in [-0.1, -0.05) is 5.16 Å². The lowest BCUT2D eigenvalue weighted by molar-refractivity contribution is -0.163. The van der Waals surface area contributed by atoms with Crippen molar-refractivity contribution in [1.82, 2.24) is 15.0 Å². The minimum atomic E-state index is -0.461. The first-order chi connectivity index (χ1) is 13.0. The number of fused-ring (bicyclic) bond motifs is 1. The Morgan fingerprint density at radius 1 is 1.15 bits per heavy atom. The van der Waals surface area contributed by atoms with Gasteiger partial charge in [0.2, 0.25) is 0 Å². The third-order valence-electron chi connectivity index (χ3n) is 6.28. The van der Waals surface area contributed by atoms with E-state index in [2.05, 4.69) is 5.16 Å². The number of halogens is 1. The fraction of sp³-hybridized carbons (Fsp3) is 0.450. The second-order valence-electron chi connectivity index (χ2n) is 7.91. The van der Waals surface area contributed by atoms with Crippen molar-refractivity contribution in [2.75, 3.05) is 13.1 Å². The smallest absolute Gasteiger partial charge is 0.312 e. The van der Waals surface area contributed by atoms with Crippen LogP contribution in [0.3, 0.4) is 0 Å². The van der Waals surface area contributed by atoms with Gasteiger partial charge in [0, 0.05) is 30.3 Å². The number of piperazine rings is 1. The summed E-state index contributed by atoms with van der Waals surface area (Å²) < 4.78 is 18.4. The first kappa shape index (κ1) is 16.5. The molecule has 0 atom stereocenters. The van der Waals surface area contributed by atoms with Gasteiger partial charge in [0.15, 0.2) is 5.76 Å². The van der Waals surface area contributed by atoms with Gasteiger partial charge >= 0.3 is 11.8 Å². The molecule has 6 rings (SSSR count). The van der Waals surface area contributed by atoms with E-state index in [4.69, 9.17) is 4.52 Å². The number of aromatic nitrogens is 1. The van der Waals surface area contributed by atoms with Crippen LogP contribution in [0.4, 0.5) is 4.39 Å². The zero-order valence-corrected chi connectivity index (χ0v) is 14.9. The van der Waals surface area contributed by atoms with Crippen LogP contribution in [0, 0.1) is 11.7 Å². The molecule has 3 aliphatic carbocycles. The summed E-state index contributed by atoms with van der Waals surface area (Å²) in [5.41, 5.74) is 1.24. The van der Waals surface area contributed by atoms with E-state index in [-0.39, 0.29) is 23.8 Å². The van der Waals surface area contributed by atoms with Crippen LogP contribution < -0.4 is 0 Å². The molecular formula is C20H20FN3O3. The molecule has 2 amide bonds. The number of nitrogens with zero attached hydrogens (tertiary/aromatic N) is 3. The molecule has 2 bridgehead atoms. The number of carbonyl (C=O) groups excluding carboxylic acids is 2. The van der Waals surface area contributed by atoms with E-state index < -0.39 is 5.91 Å². The summed E-state index contributed by atoms with van der Waals surface area (Å²) in [6, 6.07) is 7.65. The van der Waals surface area contributed by atoms with Gasteiger partial charge in [-0.25, -0.2) is 4.39 Å². The van der Waals surface area contributed by atoms with Crippen molar-refractivity contribution >= 4 is 11.8 Å². The maximum atomic E-state index is 13.0. The van der Waals surface area contributed by atoms with Crippen LogP contribution in [0.5, 0.6) is 0 Å². The number of carbonyl (C=O) groups is 2. The average molecular weight is 369 g/mol. The molecule has 3 saturated carbocycles. The Morgan fingerprint density at radius 3 is 2.63 bits per heavy atom. The van der Waals surface area contributed by atoms with Crippen LogP contribution in [0.2, 0.25) is 0 Å². The van der Waals surface area contributed by atoms with E-state index in [0.717, 1.165) is 25.2 Å². The Bertz CT molecular complexity index is 896. The average Bonchev–Trinajstić information content (AvgIpc) is 3.35. The van der Waals surface area contributed by atoms with E-state index in [1.807, 2.05) is 4.90 Å². The van der Waals surface area contributed by atoms with E-state index in [1.165, 1.54) is 23.5 Å². The van der Waals surface area contributed by atoms with Crippen molar-refractivity contribution in [1.29, 1.82) is 0 Å². The van der Waals surface area contributed by atoms with Crippen LogP contribution in [-0.2, 0) is 16.1 Å². The first-order valence-electron chi connectivity index (χ1n) is 9.36. The Morgan fingerprint density at radius 2 is 1.93 bits per heavy atom. The summed E-state index contributed by atoms with van der Waals surface area (Å²) in [6.45, 7) is 1.33. The molecule has 2 aromatic rings. The number of rotatable bonds is 4. The number of hydrogen-bond donors (Lipinski definition) is 0. The summed E-state index contributed by atoms with van der Waals surface area (Å²) in [5, 5.41) is 4.00. The predicted molar refractivity (Wildman–Crippen MR) is 93.7 cm³/mol. The maximum absolute atomic E-state index is 13.0. The monoisotopic (exact) mass is 369 g/mol. The lowest BCUT2D eigenvalue weighted by Crippen LogP contribution is -2.63.